The fourth-order valence-electron chi connectivity index (χ4n) is 1.80. The quantitative estimate of drug-likeness (QED) is 0.832. The van der Waals surface area contributed by atoms with Gasteiger partial charge in [0.2, 0.25) is 0 Å². The Balaban J connectivity index is 2.71. The zero-order chi connectivity index (χ0) is 12.8. The van der Waals surface area contributed by atoms with Crippen LogP contribution in [0.2, 0.25) is 0 Å². The molecule has 0 aromatic heterocycles. The highest BCUT2D eigenvalue weighted by Crippen LogP contribution is 2.21. The summed E-state index contributed by atoms with van der Waals surface area (Å²) in [6, 6.07) is 5.36. The number of hydrogen-bond acceptors (Lipinski definition) is 1. The molecule has 1 aromatic carbocycles. The second-order valence-electron chi connectivity index (χ2n) is 4.74. The van der Waals surface area contributed by atoms with Crippen molar-refractivity contribution in [1.82, 2.24) is 5.32 Å². The Bertz CT molecular complexity index is 352. The summed E-state index contributed by atoms with van der Waals surface area (Å²) in [6.45, 7) is 7.62. The van der Waals surface area contributed by atoms with Gasteiger partial charge < -0.3 is 5.32 Å². The third-order valence-corrected chi connectivity index (χ3v) is 3.65. The van der Waals surface area contributed by atoms with E-state index in [1.54, 1.807) is 0 Å². The van der Waals surface area contributed by atoms with E-state index >= 15 is 0 Å². The van der Waals surface area contributed by atoms with Gasteiger partial charge in [0.15, 0.2) is 0 Å². The molecule has 1 N–H and O–H groups in total. The van der Waals surface area contributed by atoms with Crippen LogP contribution in [-0.2, 0) is 6.42 Å². The monoisotopic (exact) mass is 301 g/mol. The molecule has 0 radical (unpaired) electrons. The van der Waals surface area contributed by atoms with Gasteiger partial charge in [-0.05, 0) is 43.0 Å². The lowest BCUT2D eigenvalue weighted by molar-refractivity contribution is 0.397. The highest BCUT2D eigenvalue weighted by molar-refractivity contribution is 9.10. The van der Waals surface area contributed by atoms with Crippen molar-refractivity contribution in [2.75, 3.05) is 6.54 Å². The zero-order valence-corrected chi connectivity index (χ0v) is 12.3. The normalized spacial score (nSPS) is 13.1. The van der Waals surface area contributed by atoms with Crippen LogP contribution < -0.4 is 5.32 Å². The van der Waals surface area contributed by atoms with E-state index in [4.69, 9.17) is 0 Å². The van der Waals surface area contributed by atoms with E-state index in [1.165, 1.54) is 12.1 Å². The first kappa shape index (κ1) is 14.7. The fraction of sp³-hybridized carbons (Fsp3) is 0.571. The first-order valence-electron chi connectivity index (χ1n) is 6.22. The first-order valence-corrected chi connectivity index (χ1v) is 7.01. The summed E-state index contributed by atoms with van der Waals surface area (Å²) in [4.78, 5) is 0. The fourth-order valence-corrected chi connectivity index (χ4v) is 2.31. The summed E-state index contributed by atoms with van der Waals surface area (Å²) in [6.07, 6.45) is 2.06. The van der Waals surface area contributed by atoms with Gasteiger partial charge >= 0.3 is 0 Å². The third-order valence-electron chi connectivity index (χ3n) is 2.92. The molecule has 0 aliphatic heterocycles. The Kier molecular flexibility index (Phi) is 6.14. The molecule has 1 unspecified atom stereocenters. The Morgan fingerprint density at radius 3 is 2.59 bits per heavy atom. The molecule has 17 heavy (non-hydrogen) atoms. The molecule has 0 aliphatic rings. The van der Waals surface area contributed by atoms with Gasteiger partial charge in [-0.25, -0.2) is 4.39 Å². The van der Waals surface area contributed by atoms with Gasteiger partial charge in [0.25, 0.3) is 0 Å². The van der Waals surface area contributed by atoms with Crippen LogP contribution in [0.4, 0.5) is 4.39 Å². The van der Waals surface area contributed by atoms with Crippen LogP contribution in [0.3, 0.4) is 0 Å². The molecule has 0 aliphatic carbocycles. The minimum Gasteiger partial charge on any atom is -0.313 e. The van der Waals surface area contributed by atoms with E-state index < -0.39 is 0 Å². The molecule has 1 atom stereocenters. The van der Waals surface area contributed by atoms with Crippen molar-refractivity contribution in [3.8, 4) is 0 Å². The molecule has 0 amide bonds. The summed E-state index contributed by atoms with van der Waals surface area (Å²) in [5, 5.41) is 3.54. The van der Waals surface area contributed by atoms with Gasteiger partial charge in [-0.2, -0.15) is 0 Å². The molecule has 1 aromatic rings. The topological polar surface area (TPSA) is 12.0 Å². The SMILES string of the molecule is CCCNC(Cc1ccc(F)cc1Br)C(C)C. The van der Waals surface area contributed by atoms with Crippen molar-refractivity contribution in [3.05, 3.63) is 34.1 Å². The van der Waals surface area contributed by atoms with Crippen molar-refractivity contribution in [3.63, 3.8) is 0 Å². The number of nitrogens with one attached hydrogen (secondary N) is 1. The maximum Gasteiger partial charge on any atom is 0.124 e. The van der Waals surface area contributed by atoms with Crippen LogP contribution in [0.25, 0.3) is 0 Å². The average Bonchev–Trinajstić information content (AvgIpc) is 2.26. The lowest BCUT2D eigenvalue weighted by Gasteiger charge is -2.23. The van der Waals surface area contributed by atoms with Crippen LogP contribution in [0, 0.1) is 11.7 Å². The highest BCUT2D eigenvalue weighted by atomic mass is 79.9. The Morgan fingerprint density at radius 1 is 1.35 bits per heavy atom. The second kappa shape index (κ2) is 7.12. The molecule has 0 bridgehead atoms. The number of hydrogen-bond donors (Lipinski definition) is 1. The molecule has 0 spiro atoms. The minimum absolute atomic E-state index is 0.191. The van der Waals surface area contributed by atoms with E-state index in [2.05, 4.69) is 42.0 Å². The molecule has 0 saturated carbocycles. The Labute approximate surface area is 112 Å². The van der Waals surface area contributed by atoms with Crippen LogP contribution in [-0.4, -0.2) is 12.6 Å². The smallest absolute Gasteiger partial charge is 0.124 e. The van der Waals surface area contributed by atoms with Crippen LogP contribution in [0.15, 0.2) is 22.7 Å². The van der Waals surface area contributed by atoms with Crippen molar-refractivity contribution < 1.29 is 4.39 Å². The molecule has 3 heteroatoms. The van der Waals surface area contributed by atoms with E-state index in [-0.39, 0.29) is 5.82 Å². The van der Waals surface area contributed by atoms with Gasteiger partial charge in [-0.3, -0.25) is 0 Å². The summed E-state index contributed by atoms with van der Waals surface area (Å²) in [5.41, 5.74) is 1.16. The van der Waals surface area contributed by atoms with Crippen molar-refractivity contribution in [2.24, 2.45) is 5.92 Å². The Hall–Kier alpha value is -0.410. The summed E-state index contributed by atoms with van der Waals surface area (Å²) in [5.74, 6) is 0.377. The van der Waals surface area contributed by atoms with Crippen LogP contribution in [0.5, 0.6) is 0 Å². The molecule has 0 saturated heterocycles. The highest BCUT2D eigenvalue weighted by Gasteiger charge is 2.14. The lowest BCUT2D eigenvalue weighted by atomic mass is 9.96. The van der Waals surface area contributed by atoms with E-state index in [0.717, 1.165) is 29.4 Å². The predicted molar refractivity (Wildman–Crippen MR) is 74.7 cm³/mol. The maximum atomic E-state index is 13.0. The van der Waals surface area contributed by atoms with Crippen molar-refractivity contribution >= 4 is 15.9 Å². The maximum absolute atomic E-state index is 13.0. The zero-order valence-electron chi connectivity index (χ0n) is 10.8. The van der Waals surface area contributed by atoms with Gasteiger partial charge in [0, 0.05) is 10.5 Å². The van der Waals surface area contributed by atoms with E-state index in [1.807, 2.05) is 6.07 Å². The predicted octanol–water partition coefficient (Wildman–Crippen LogP) is 4.15. The van der Waals surface area contributed by atoms with E-state index in [0.29, 0.717) is 12.0 Å². The second-order valence-corrected chi connectivity index (χ2v) is 5.60. The van der Waals surface area contributed by atoms with Gasteiger partial charge in [0.05, 0.1) is 0 Å². The van der Waals surface area contributed by atoms with Crippen LogP contribution >= 0.6 is 15.9 Å². The molecular weight excluding hydrogens is 281 g/mol. The summed E-state index contributed by atoms with van der Waals surface area (Å²) >= 11 is 3.43. The number of halogens is 2. The Morgan fingerprint density at radius 2 is 2.06 bits per heavy atom. The average molecular weight is 302 g/mol. The lowest BCUT2D eigenvalue weighted by Crippen LogP contribution is -2.36. The minimum atomic E-state index is -0.191. The molecule has 1 rings (SSSR count). The molecule has 96 valence electrons. The number of rotatable bonds is 6. The number of benzene rings is 1. The van der Waals surface area contributed by atoms with Gasteiger partial charge in [-0.1, -0.05) is 42.8 Å². The standard InChI is InChI=1S/C14H21BrFN/c1-4-7-17-14(10(2)3)8-11-5-6-12(16)9-13(11)15/h5-6,9-10,14,17H,4,7-8H2,1-3H3. The van der Waals surface area contributed by atoms with E-state index in [9.17, 15) is 4.39 Å². The first-order chi connectivity index (χ1) is 8.04. The third kappa shape index (κ3) is 4.76. The molecule has 0 fully saturated rings. The summed E-state index contributed by atoms with van der Waals surface area (Å²) in [7, 11) is 0. The van der Waals surface area contributed by atoms with Gasteiger partial charge in [-0.15, -0.1) is 0 Å². The van der Waals surface area contributed by atoms with Crippen LogP contribution in [0.1, 0.15) is 32.8 Å². The molecule has 1 nitrogen and oxygen atoms in total. The van der Waals surface area contributed by atoms with Crippen molar-refractivity contribution in [2.45, 2.75) is 39.7 Å². The largest absolute Gasteiger partial charge is 0.313 e. The molecular formula is C14H21BrFN. The van der Waals surface area contributed by atoms with Crippen molar-refractivity contribution in [1.29, 1.82) is 0 Å². The summed E-state index contributed by atoms with van der Waals surface area (Å²) < 4.78 is 13.9. The molecule has 0 heterocycles. The van der Waals surface area contributed by atoms with Gasteiger partial charge in [0.1, 0.15) is 5.82 Å².